The Morgan fingerprint density at radius 3 is 2.89 bits per heavy atom. The van der Waals surface area contributed by atoms with Crippen LogP contribution in [0.3, 0.4) is 0 Å². The van der Waals surface area contributed by atoms with E-state index >= 15 is 0 Å². The minimum absolute atomic E-state index is 0.0581. The summed E-state index contributed by atoms with van der Waals surface area (Å²) >= 11 is 0. The first-order chi connectivity index (χ1) is 17.6. The molecule has 0 radical (unpaired) electrons. The number of ether oxygens (including phenoxy) is 1. The molecule has 1 fully saturated rings. The molecule has 5 rings (SSSR count). The van der Waals surface area contributed by atoms with E-state index < -0.39 is 11.8 Å². The third-order valence-corrected chi connectivity index (χ3v) is 6.91. The number of fused-ring (bicyclic) bond motifs is 1. The summed E-state index contributed by atoms with van der Waals surface area (Å²) in [4.78, 5) is 21.8. The van der Waals surface area contributed by atoms with E-state index in [1.165, 1.54) is 6.20 Å². The summed E-state index contributed by atoms with van der Waals surface area (Å²) in [7, 11) is 0. The average molecular weight is 514 g/mol. The van der Waals surface area contributed by atoms with Gasteiger partial charge in [0.1, 0.15) is 11.3 Å². The topological polar surface area (TPSA) is 115 Å². The smallest absolute Gasteiger partial charge is 0.270 e. The number of amides is 1. The molecule has 3 aromatic rings. The molecular formula is C26H29F2N5O4. The van der Waals surface area contributed by atoms with E-state index in [4.69, 9.17) is 14.4 Å². The highest BCUT2D eigenvalue weighted by Crippen LogP contribution is 2.48. The summed E-state index contributed by atoms with van der Waals surface area (Å²) < 4.78 is 38.8. The highest BCUT2D eigenvalue weighted by Gasteiger charge is 2.48. The third-order valence-electron chi connectivity index (χ3n) is 6.91. The molecule has 1 amide bonds. The van der Waals surface area contributed by atoms with Gasteiger partial charge in [-0.15, -0.1) is 0 Å². The van der Waals surface area contributed by atoms with Gasteiger partial charge in [0.25, 0.3) is 5.91 Å². The van der Waals surface area contributed by atoms with Crippen LogP contribution in [0, 0.1) is 5.41 Å². The molecule has 2 N–H and O–H groups in total. The number of nitrogens with one attached hydrogen (secondary N) is 1. The quantitative estimate of drug-likeness (QED) is 0.417. The van der Waals surface area contributed by atoms with Crippen molar-refractivity contribution in [3.8, 4) is 0 Å². The minimum Gasteiger partial charge on any atom is -0.394 e. The summed E-state index contributed by atoms with van der Waals surface area (Å²) in [5, 5.41) is 15.9. The predicted octanol–water partition coefficient (Wildman–Crippen LogP) is 3.91. The number of aliphatic hydroxyl groups excluding tert-OH is 1. The molecule has 0 spiro atoms. The Balaban J connectivity index is 1.28. The fourth-order valence-corrected chi connectivity index (χ4v) is 4.54. The second-order valence-electron chi connectivity index (χ2n) is 10.2. The largest absolute Gasteiger partial charge is 0.394 e. The van der Waals surface area contributed by atoms with Crippen molar-refractivity contribution in [3.05, 3.63) is 65.2 Å². The van der Waals surface area contributed by atoms with Crippen LogP contribution < -0.4 is 5.32 Å². The Morgan fingerprint density at radius 2 is 2.14 bits per heavy atom. The van der Waals surface area contributed by atoms with Crippen LogP contribution in [-0.2, 0) is 11.3 Å². The summed E-state index contributed by atoms with van der Waals surface area (Å²) in [5.41, 5.74) is 3.39. The molecular weight excluding hydrogens is 484 g/mol. The number of hydrogen-bond donors (Lipinski definition) is 2. The first-order valence-corrected chi connectivity index (χ1v) is 12.2. The maximum absolute atomic E-state index is 13.2. The van der Waals surface area contributed by atoms with Crippen LogP contribution in [0.1, 0.15) is 66.8 Å². The Kier molecular flexibility index (Phi) is 6.67. The third kappa shape index (κ3) is 5.33. The van der Waals surface area contributed by atoms with E-state index in [9.17, 15) is 13.6 Å². The SMILES string of the molecule is CC1(C)CC=C(c2noc(C3CC(F)(F)C3)n2)C=C1CNC(=O)c1cnc2ccc(COCCO)cn12. The number of rotatable bonds is 9. The van der Waals surface area contributed by atoms with Gasteiger partial charge in [0.05, 0.1) is 26.0 Å². The molecule has 0 atom stereocenters. The molecule has 3 aromatic heterocycles. The van der Waals surface area contributed by atoms with Crippen LogP contribution in [0.5, 0.6) is 0 Å². The van der Waals surface area contributed by atoms with Crippen LogP contribution in [0.4, 0.5) is 8.78 Å². The molecule has 0 saturated heterocycles. The molecule has 0 aliphatic heterocycles. The number of halogens is 2. The number of carbonyl (C=O) groups excluding carboxylic acids is 1. The van der Waals surface area contributed by atoms with Gasteiger partial charge in [-0.3, -0.25) is 9.20 Å². The van der Waals surface area contributed by atoms with Gasteiger partial charge >= 0.3 is 0 Å². The van der Waals surface area contributed by atoms with Crippen molar-refractivity contribution in [3.63, 3.8) is 0 Å². The Labute approximate surface area is 212 Å². The molecule has 196 valence electrons. The van der Waals surface area contributed by atoms with E-state index in [0.29, 0.717) is 36.7 Å². The van der Waals surface area contributed by atoms with Gasteiger partial charge in [-0.1, -0.05) is 31.1 Å². The highest BCUT2D eigenvalue weighted by atomic mass is 19.3. The lowest BCUT2D eigenvalue weighted by molar-refractivity contribution is -0.0925. The standard InChI is InChI=1S/C26H29F2N5O4/c1-25(2)6-5-17(22-31-24(37-32-22)18-10-26(27,28)11-18)9-19(25)12-30-23(35)20-13-29-21-4-3-16(14-33(20)21)15-36-8-7-34/h3-5,9,13-14,18,34H,6-8,10-12,15H2,1-2H3,(H,30,35). The van der Waals surface area contributed by atoms with Crippen molar-refractivity contribution in [2.24, 2.45) is 5.41 Å². The van der Waals surface area contributed by atoms with Gasteiger partial charge in [-0.25, -0.2) is 13.8 Å². The fraction of sp³-hybridized carbons (Fsp3) is 0.462. The first kappa shape index (κ1) is 25.2. The van der Waals surface area contributed by atoms with Crippen LogP contribution >= 0.6 is 0 Å². The second kappa shape index (κ2) is 9.79. The van der Waals surface area contributed by atoms with Crippen molar-refractivity contribution in [1.82, 2.24) is 24.8 Å². The van der Waals surface area contributed by atoms with Crippen LogP contribution in [-0.4, -0.2) is 56.2 Å². The Hall–Kier alpha value is -3.44. The maximum atomic E-state index is 13.2. The van der Waals surface area contributed by atoms with E-state index in [1.807, 2.05) is 24.3 Å². The van der Waals surface area contributed by atoms with Gasteiger partial charge in [0.15, 0.2) is 0 Å². The molecule has 0 unspecified atom stereocenters. The number of alkyl halides is 2. The van der Waals surface area contributed by atoms with Crippen LogP contribution in [0.2, 0.25) is 0 Å². The summed E-state index contributed by atoms with van der Waals surface area (Å²) in [6.45, 7) is 4.96. The number of aliphatic hydroxyl groups is 1. The number of aromatic nitrogens is 4. The predicted molar refractivity (Wildman–Crippen MR) is 130 cm³/mol. The fourth-order valence-electron chi connectivity index (χ4n) is 4.54. The normalized spacial score (nSPS) is 18.8. The molecule has 2 aliphatic carbocycles. The number of pyridine rings is 1. The number of imidazole rings is 1. The van der Waals surface area contributed by atoms with Gasteiger partial charge in [-0.2, -0.15) is 4.98 Å². The molecule has 0 bridgehead atoms. The Bertz CT molecular complexity index is 1370. The monoisotopic (exact) mass is 513 g/mol. The molecule has 1 saturated carbocycles. The lowest BCUT2D eigenvalue weighted by atomic mass is 9.76. The van der Waals surface area contributed by atoms with Crippen LogP contribution in [0.25, 0.3) is 11.2 Å². The van der Waals surface area contributed by atoms with Crippen molar-refractivity contribution in [2.45, 2.75) is 51.6 Å². The van der Waals surface area contributed by atoms with E-state index in [2.05, 4.69) is 34.3 Å². The summed E-state index contributed by atoms with van der Waals surface area (Å²) in [6, 6.07) is 3.67. The lowest BCUT2D eigenvalue weighted by Gasteiger charge is -2.32. The highest BCUT2D eigenvalue weighted by molar-refractivity contribution is 5.93. The molecule has 11 heteroatoms. The van der Waals surface area contributed by atoms with Crippen molar-refractivity contribution >= 4 is 17.1 Å². The van der Waals surface area contributed by atoms with Gasteiger partial charge in [0, 0.05) is 37.1 Å². The zero-order valence-corrected chi connectivity index (χ0v) is 20.7. The van der Waals surface area contributed by atoms with E-state index in [1.54, 1.807) is 10.6 Å². The average Bonchev–Trinajstić information content (AvgIpc) is 3.49. The van der Waals surface area contributed by atoms with E-state index in [-0.39, 0.29) is 43.3 Å². The maximum Gasteiger partial charge on any atom is 0.270 e. The van der Waals surface area contributed by atoms with Crippen molar-refractivity contribution < 1.29 is 27.9 Å². The summed E-state index contributed by atoms with van der Waals surface area (Å²) in [6.07, 6.45) is 7.41. The zero-order valence-electron chi connectivity index (χ0n) is 20.7. The number of hydrogen-bond acceptors (Lipinski definition) is 7. The van der Waals surface area contributed by atoms with Gasteiger partial charge in [0.2, 0.25) is 17.6 Å². The first-order valence-electron chi connectivity index (χ1n) is 12.2. The van der Waals surface area contributed by atoms with Crippen LogP contribution in [0.15, 0.2) is 46.8 Å². The number of carbonyl (C=O) groups is 1. The molecule has 3 heterocycles. The molecule has 37 heavy (non-hydrogen) atoms. The second-order valence-corrected chi connectivity index (χ2v) is 10.2. The Morgan fingerprint density at radius 1 is 1.32 bits per heavy atom. The lowest BCUT2D eigenvalue weighted by Crippen LogP contribution is -2.33. The van der Waals surface area contributed by atoms with E-state index in [0.717, 1.165) is 16.7 Å². The summed E-state index contributed by atoms with van der Waals surface area (Å²) in [5.74, 6) is -2.74. The molecule has 0 aromatic carbocycles. The van der Waals surface area contributed by atoms with Crippen molar-refractivity contribution in [1.29, 1.82) is 0 Å². The van der Waals surface area contributed by atoms with Gasteiger partial charge in [-0.05, 0) is 35.1 Å². The molecule has 9 nitrogen and oxygen atoms in total. The van der Waals surface area contributed by atoms with Crippen molar-refractivity contribution in [2.75, 3.05) is 19.8 Å². The van der Waals surface area contributed by atoms with Gasteiger partial charge < -0.3 is 19.7 Å². The molecule has 2 aliphatic rings. The number of allylic oxidation sites excluding steroid dienone is 3. The number of nitrogens with zero attached hydrogens (tertiary/aromatic N) is 4. The minimum atomic E-state index is -2.66. The zero-order chi connectivity index (χ0) is 26.2.